The standard InChI is InChI=1S/C14H14S2/c1-10-3-5-12(6-4-10)16-13-7-8-14(15)11(2)9-13/h3-9,15H,1-2H3. The zero-order valence-electron chi connectivity index (χ0n) is 9.40. The molecular formula is C14H14S2. The van der Waals surface area contributed by atoms with E-state index in [1.54, 1.807) is 11.8 Å². The highest BCUT2D eigenvalue weighted by molar-refractivity contribution is 7.99. The Morgan fingerprint density at radius 3 is 2.12 bits per heavy atom. The molecule has 16 heavy (non-hydrogen) atoms. The van der Waals surface area contributed by atoms with Crippen LogP contribution in [-0.2, 0) is 0 Å². The largest absolute Gasteiger partial charge is 0.143 e. The number of hydrogen-bond donors (Lipinski definition) is 1. The SMILES string of the molecule is Cc1ccc(Sc2ccc(S)c(C)c2)cc1. The monoisotopic (exact) mass is 246 g/mol. The van der Waals surface area contributed by atoms with Gasteiger partial charge in [0.05, 0.1) is 0 Å². The molecular weight excluding hydrogens is 232 g/mol. The van der Waals surface area contributed by atoms with Crippen molar-refractivity contribution < 1.29 is 0 Å². The van der Waals surface area contributed by atoms with Gasteiger partial charge < -0.3 is 0 Å². The second-order valence-electron chi connectivity index (χ2n) is 3.86. The van der Waals surface area contributed by atoms with Gasteiger partial charge in [-0.3, -0.25) is 0 Å². The minimum Gasteiger partial charge on any atom is -0.143 e. The van der Waals surface area contributed by atoms with E-state index in [0.717, 1.165) is 4.90 Å². The smallest absolute Gasteiger partial charge is 0.0125 e. The summed E-state index contributed by atoms with van der Waals surface area (Å²) in [5.74, 6) is 0. The molecule has 2 heteroatoms. The topological polar surface area (TPSA) is 0 Å². The van der Waals surface area contributed by atoms with Gasteiger partial charge in [-0.2, -0.15) is 0 Å². The maximum Gasteiger partial charge on any atom is 0.0125 e. The van der Waals surface area contributed by atoms with E-state index in [1.807, 2.05) is 0 Å². The Balaban J connectivity index is 2.20. The van der Waals surface area contributed by atoms with E-state index < -0.39 is 0 Å². The molecule has 0 aliphatic carbocycles. The van der Waals surface area contributed by atoms with Crippen molar-refractivity contribution in [3.63, 3.8) is 0 Å². The minimum atomic E-state index is 1.05. The summed E-state index contributed by atoms with van der Waals surface area (Å²) in [5.41, 5.74) is 2.52. The highest BCUT2D eigenvalue weighted by Gasteiger charge is 1.99. The number of rotatable bonds is 2. The van der Waals surface area contributed by atoms with Gasteiger partial charge in [-0.1, -0.05) is 29.5 Å². The van der Waals surface area contributed by atoms with Crippen LogP contribution in [0.3, 0.4) is 0 Å². The maximum atomic E-state index is 4.38. The van der Waals surface area contributed by atoms with Crippen LogP contribution < -0.4 is 0 Å². The van der Waals surface area contributed by atoms with Crippen LogP contribution in [0.1, 0.15) is 11.1 Å². The van der Waals surface area contributed by atoms with Crippen LogP contribution in [0.15, 0.2) is 57.2 Å². The summed E-state index contributed by atoms with van der Waals surface area (Å²) in [5, 5.41) is 0. The van der Waals surface area contributed by atoms with Crippen molar-refractivity contribution in [1.82, 2.24) is 0 Å². The van der Waals surface area contributed by atoms with Crippen LogP contribution in [0.25, 0.3) is 0 Å². The number of thiol groups is 1. The summed E-state index contributed by atoms with van der Waals surface area (Å²) in [6.07, 6.45) is 0. The van der Waals surface area contributed by atoms with Gasteiger partial charge in [-0.15, -0.1) is 12.6 Å². The third-order valence-corrected chi connectivity index (χ3v) is 3.92. The summed E-state index contributed by atoms with van der Waals surface area (Å²) in [6, 6.07) is 14.9. The van der Waals surface area contributed by atoms with Gasteiger partial charge in [-0.05, 0) is 49.7 Å². The van der Waals surface area contributed by atoms with Gasteiger partial charge in [0.1, 0.15) is 0 Å². The van der Waals surface area contributed by atoms with Crippen LogP contribution in [0.4, 0.5) is 0 Å². The number of benzene rings is 2. The predicted octanol–water partition coefficient (Wildman–Crippen LogP) is 4.74. The molecule has 0 fully saturated rings. The molecule has 2 rings (SSSR count). The number of hydrogen-bond acceptors (Lipinski definition) is 2. The zero-order chi connectivity index (χ0) is 11.5. The second kappa shape index (κ2) is 4.98. The van der Waals surface area contributed by atoms with Crippen molar-refractivity contribution in [3.8, 4) is 0 Å². The molecule has 0 unspecified atom stereocenters. The molecule has 0 amide bonds. The molecule has 0 saturated heterocycles. The maximum absolute atomic E-state index is 4.38. The van der Waals surface area contributed by atoms with E-state index in [0.29, 0.717) is 0 Å². The normalized spacial score (nSPS) is 10.4. The van der Waals surface area contributed by atoms with Crippen LogP contribution in [-0.4, -0.2) is 0 Å². The Morgan fingerprint density at radius 1 is 0.875 bits per heavy atom. The molecule has 82 valence electrons. The molecule has 0 atom stereocenters. The molecule has 0 heterocycles. The van der Waals surface area contributed by atoms with Crippen LogP contribution in [0, 0.1) is 13.8 Å². The molecule has 0 aromatic heterocycles. The molecule has 2 aromatic rings. The summed E-state index contributed by atoms with van der Waals surface area (Å²) in [6.45, 7) is 4.19. The van der Waals surface area contributed by atoms with Crippen LogP contribution in [0.2, 0.25) is 0 Å². The fourth-order valence-corrected chi connectivity index (χ4v) is 2.49. The van der Waals surface area contributed by atoms with E-state index >= 15 is 0 Å². The lowest BCUT2D eigenvalue weighted by Gasteiger charge is -2.05. The van der Waals surface area contributed by atoms with Gasteiger partial charge in [0.25, 0.3) is 0 Å². The lowest BCUT2D eigenvalue weighted by atomic mass is 10.2. The summed E-state index contributed by atoms with van der Waals surface area (Å²) >= 11 is 6.16. The fourth-order valence-electron chi connectivity index (χ4n) is 1.43. The van der Waals surface area contributed by atoms with Crippen molar-refractivity contribution >= 4 is 24.4 Å². The minimum absolute atomic E-state index is 1.05. The van der Waals surface area contributed by atoms with Gasteiger partial charge >= 0.3 is 0 Å². The first-order valence-corrected chi connectivity index (χ1v) is 6.45. The highest BCUT2D eigenvalue weighted by Crippen LogP contribution is 2.29. The van der Waals surface area contributed by atoms with Gasteiger partial charge in [0.2, 0.25) is 0 Å². The summed E-state index contributed by atoms with van der Waals surface area (Å²) in [7, 11) is 0. The Bertz CT molecular complexity index is 487. The Hall–Kier alpha value is -0.860. The van der Waals surface area contributed by atoms with Gasteiger partial charge in [0, 0.05) is 14.7 Å². The van der Waals surface area contributed by atoms with E-state index in [1.165, 1.54) is 20.9 Å². The first-order chi connectivity index (χ1) is 7.65. The van der Waals surface area contributed by atoms with Crippen molar-refractivity contribution in [2.24, 2.45) is 0 Å². The molecule has 0 radical (unpaired) electrons. The molecule has 0 N–H and O–H groups in total. The fraction of sp³-hybridized carbons (Fsp3) is 0.143. The summed E-state index contributed by atoms with van der Waals surface area (Å²) < 4.78 is 0. The summed E-state index contributed by atoms with van der Waals surface area (Å²) in [4.78, 5) is 3.59. The molecule has 2 aromatic carbocycles. The van der Waals surface area contributed by atoms with Gasteiger partial charge in [0.15, 0.2) is 0 Å². The first-order valence-electron chi connectivity index (χ1n) is 5.19. The molecule has 0 nitrogen and oxygen atoms in total. The lowest BCUT2D eigenvalue weighted by molar-refractivity contribution is 1.24. The second-order valence-corrected chi connectivity index (χ2v) is 5.49. The van der Waals surface area contributed by atoms with E-state index in [2.05, 4.69) is 68.9 Å². The van der Waals surface area contributed by atoms with E-state index in [4.69, 9.17) is 0 Å². The third-order valence-electron chi connectivity index (χ3n) is 2.42. The molecule has 0 bridgehead atoms. The third kappa shape index (κ3) is 2.83. The zero-order valence-corrected chi connectivity index (χ0v) is 11.1. The Kier molecular flexibility index (Phi) is 3.62. The quantitative estimate of drug-likeness (QED) is 0.747. The van der Waals surface area contributed by atoms with Crippen molar-refractivity contribution in [1.29, 1.82) is 0 Å². The molecule has 0 aliphatic heterocycles. The van der Waals surface area contributed by atoms with Crippen LogP contribution in [0.5, 0.6) is 0 Å². The first kappa shape index (κ1) is 11.6. The average Bonchev–Trinajstić information content (AvgIpc) is 2.27. The number of aryl methyl sites for hydroxylation is 2. The van der Waals surface area contributed by atoms with Crippen molar-refractivity contribution in [2.75, 3.05) is 0 Å². The molecule has 0 spiro atoms. The Labute approximate surface area is 106 Å². The Morgan fingerprint density at radius 2 is 1.50 bits per heavy atom. The lowest BCUT2D eigenvalue weighted by Crippen LogP contribution is -1.79. The average molecular weight is 246 g/mol. The van der Waals surface area contributed by atoms with E-state index in [9.17, 15) is 0 Å². The molecule has 0 saturated carbocycles. The van der Waals surface area contributed by atoms with E-state index in [-0.39, 0.29) is 0 Å². The van der Waals surface area contributed by atoms with Crippen molar-refractivity contribution in [2.45, 2.75) is 28.5 Å². The highest BCUT2D eigenvalue weighted by atomic mass is 32.2. The van der Waals surface area contributed by atoms with Gasteiger partial charge in [-0.25, -0.2) is 0 Å². The van der Waals surface area contributed by atoms with Crippen LogP contribution >= 0.6 is 24.4 Å². The van der Waals surface area contributed by atoms with Crippen molar-refractivity contribution in [3.05, 3.63) is 53.6 Å². The predicted molar refractivity (Wildman–Crippen MR) is 73.7 cm³/mol. The molecule has 0 aliphatic rings.